The number of hydrogen-bond donors (Lipinski definition) is 3. The Morgan fingerprint density at radius 3 is 2.09 bits per heavy atom. The average molecular weight is 436 g/mol. The van der Waals surface area contributed by atoms with Gasteiger partial charge in [-0.1, -0.05) is 61.4 Å². The summed E-state index contributed by atoms with van der Waals surface area (Å²) in [5.41, 5.74) is 0.475. The summed E-state index contributed by atoms with van der Waals surface area (Å²) in [7, 11) is 0. The first kappa shape index (κ1) is 23.2. The highest BCUT2D eigenvalue weighted by molar-refractivity contribution is 5.98. The van der Waals surface area contributed by atoms with E-state index in [9.17, 15) is 19.2 Å². The molecule has 0 unspecified atom stereocenters. The minimum atomic E-state index is -0.869. The highest BCUT2D eigenvalue weighted by atomic mass is 16.2. The lowest BCUT2D eigenvalue weighted by Crippen LogP contribution is -2.57. The van der Waals surface area contributed by atoms with Gasteiger partial charge in [-0.25, -0.2) is 0 Å². The van der Waals surface area contributed by atoms with E-state index in [4.69, 9.17) is 0 Å². The molecule has 0 aliphatic heterocycles. The van der Waals surface area contributed by atoms with E-state index < -0.39 is 29.4 Å². The van der Waals surface area contributed by atoms with Gasteiger partial charge in [0.05, 0.1) is 5.54 Å². The number of carbonyl (C=O) groups excluding carboxylic acids is 4. The maximum absolute atomic E-state index is 13.0. The first-order chi connectivity index (χ1) is 15.4. The normalized spacial score (nSPS) is 16.4. The zero-order chi connectivity index (χ0) is 23.0. The standard InChI is InChI=1S/C25H29N3O4/c1-18(22(30)28-25(17-29)14-8-9-15-25)26-24(32)21(16-19-10-4-2-5-11-19)27-23(31)20-12-6-3-7-13-20/h2-7,10-13,17-18,21H,8-9,14-16H2,1H3,(H,26,32)(H,27,31)(H,28,30)/t18-,21-/m0/s1. The second-order valence-corrected chi connectivity index (χ2v) is 8.28. The second kappa shape index (κ2) is 10.7. The molecule has 2 aromatic carbocycles. The molecule has 1 aliphatic rings. The molecule has 3 N–H and O–H groups in total. The smallest absolute Gasteiger partial charge is 0.251 e. The summed E-state index contributed by atoms with van der Waals surface area (Å²) in [6, 6.07) is 16.3. The van der Waals surface area contributed by atoms with Crippen LogP contribution >= 0.6 is 0 Å². The zero-order valence-electron chi connectivity index (χ0n) is 18.2. The van der Waals surface area contributed by atoms with E-state index >= 15 is 0 Å². The first-order valence-electron chi connectivity index (χ1n) is 10.9. The zero-order valence-corrected chi connectivity index (χ0v) is 18.2. The molecule has 32 heavy (non-hydrogen) atoms. The Hall–Kier alpha value is -3.48. The third-order valence-corrected chi connectivity index (χ3v) is 5.79. The summed E-state index contributed by atoms with van der Waals surface area (Å²) in [6.07, 6.45) is 4.04. The van der Waals surface area contributed by atoms with Gasteiger partial charge in [0.15, 0.2) is 0 Å². The van der Waals surface area contributed by atoms with Crippen LogP contribution in [0.2, 0.25) is 0 Å². The molecule has 0 saturated heterocycles. The molecule has 1 saturated carbocycles. The Morgan fingerprint density at radius 1 is 0.906 bits per heavy atom. The van der Waals surface area contributed by atoms with E-state index in [0.717, 1.165) is 24.7 Å². The van der Waals surface area contributed by atoms with Crippen LogP contribution < -0.4 is 16.0 Å². The van der Waals surface area contributed by atoms with Gasteiger partial charge in [-0.05, 0) is 37.5 Å². The van der Waals surface area contributed by atoms with Crippen LogP contribution in [0.4, 0.5) is 0 Å². The molecule has 7 nitrogen and oxygen atoms in total. The van der Waals surface area contributed by atoms with Gasteiger partial charge in [-0.3, -0.25) is 14.4 Å². The van der Waals surface area contributed by atoms with Gasteiger partial charge in [0.25, 0.3) is 5.91 Å². The summed E-state index contributed by atoms with van der Waals surface area (Å²) >= 11 is 0. The van der Waals surface area contributed by atoms with Gasteiger partial charge in [0, 0.05) is 12.0 Å². The fraction of sp³-hybridized carbons (Fsp3) is 0.360. The molecule has 2 aromatic rings. The van der Waals surface area contributed by atoms with Crippen molar-refractivity contribution in [2.75, 3.05) is 0 Å². The van der Waals surface area contributed by atoms with Crippen LogP contribution in [0, 0.1) is 0 Å². The Balaban J connectivity index is 1.68. The Morgan fingerprint density at radius 2 is 1.50 bits per heavy atom. The first-order valence-corrected chi connectivity index (χ1v) is 10.9. The van der Waals surface area contributed by atoms with Crippen LogP contribution in [-0.2, 0) is 20.8 Å². The average Bonchev–Trinajstić information content (AvgIpc) is 3.28. The second-order valence-electron chi connectivity index (χ2n) is 8.28. The monoisotopic (exact) mass is 435 g/mol. The largest absolute Gasteiger partial charge is 0.343 e. The van der Waals surface area contributed by atoms with Crippen LogP contribution in [0.25, 0.3) is 0 Å². The molecular formula is C25H29N3O4. The Labute approximate surface area is 188 Å². The van der Waals surface area contributed by atoms with Crippen LogP contribution in [0.1, 0.15) is 48.5 Å². The lowest BCUT2D eigenvalue weighted by Gasteiger charge is -2.27. The van der Waals surface area contributed by atoms with Crippen LogP contribution in [0.5, 0.6) is 0 Å². The molecule has 0 aromatic heterocycles. The van der Waals surface area contributed by atoms with Crippen molar-refractivity contribution in [1.82, 2.24) is 16.0 Å². The van der Waals surface area contributed by atoms with Crippen LogP contribution in [0.3, 0.4) is 0 Å². The van der Waals surface area contributed by atoms with Gasteiger partial charge < -0.3 is 20.7 Å². The fourth-order valence-electron chi connectivity index (χ4n) is 3.90. The van der Waals surface area contributed by atoms with E-state index in [1.807, 2.05) is 36.4 Å². The molecule has 3 amide bonds. The molecule has 3 rings (SSSR count). The van der Waals surface area contributed by atoms with Gasteiger partial charge in [0.2, 0.25) is 11.8 Å². The predicted octanol–water partition coefficient (Wildman–Crippen LogP) is 2.16. The van der Waals surface area contributed by atoms with Crippen molar-refractivity contribution in [2.24, 2.45) is 0 Å². The Kier molecular flexibility index (Phi) is 7.76. The summed E-state index contributed by atoms with van der Waals surface area (Å²) < 4.78 is 0. The highest BCUT2D eigenvalue weighted by Crippen LogP contribution is 2.27. The third-order valence-electron chi connectivity index (χ3n) is 5.79. The SMILES string of the molecule is C[C@H](NC(=O)[C@H](Cc1ccccc1)NC(=O)c1ccccc1)C(=O)NC1(C=O)CCCC1. The fourth-order valence-corrected chi connectivity index (χ4v) is 3.90. The van der Waals surface area contributed by atoms with Gasteiger partial charge in [-0.15, -0.1) is 0 Å². The molecule has 0 heterocycles. The van der Waals surface area contributed by atoms with Crippen molar-refractivity contribution < 1.29 is 19.2 Å². The topological polar surface area (TPSA) is 104 Å². The van der Waals surface area contributed by atoms with Crippen LogP contribution in [0.15, 0.2) is 60.7 Å². The quantitative estimate of drug-likeness (QED) is 0.525. The minimum absolute atomic E-state index is 0.276. The molecule has 7 heteroatoms. The summed E-state index contributed by atoms with van der Waals surface area (Å²) in [6.45, 7) is 1.57. The molecule has 168 valence electrons. The van der Waals surface area contributed by atoms with E-state index in [2.05, 4.69) is 16.0 Å². The molecule has 1 aliphatic carbocycles. The number of hydrogen-bond acceptors (Lipinski definition) is 4. The highest BCUT2D eigenvalue weighted by Gasteiger charge is 2.36. The van der Waals surface area contributed by atoms with Crippen LogP contribution in [-0.4, -0.2) is 41.6 Å². The van der Waals surface area contributed by atoms with Gasteiger partial charge >= 0.3 is 0 Å². The molecule has 0 spiro atoms. The molecule has 1 fully saturated rings. The van der Waals surface area contributed by atoms with E-state index in [0.29, 0.717) is 18.4 Å². The van der Waals surface area contributed by atoms with E-state index in [-0.39, 0.29) is 12.3 Å². The van der Waals surface area contributed by atoms with Crippen molar-refractivity contribution in [3.8, 4) is 0 Å². The maximum Gasteiger partial charge on any atom is 0.251 e. The lowest BCUT2D eigenvalue weighted by atomic mass is 9.99. The summed E-state index contributed by atoms with van der Waals surface area (Å²) in [4.78, 5) is 49.9. The molecule has 0 bridgehead atoms. The number of nitrogens with one attached hydrogen (secondary N) is 3. The number of rotatable bonds is 9. The Bertz CT molecular complexity index is 940. The molecular weight excluding hydrogens is 406 g/mol. The molecule has 0 radical (unpaired) electrons. The lowest BCUT2D eigenvalue weighted by molar-refractivity contribution is -0.131. The van der Waals surface area contributed by atoms with Gasteiger partial charge in [0.1, 0.15) is 18.4 Å². The number of benzene rings is 2. The predicted molar refractivity (Wildman–Crippen MR) is 121 cm³/mol. The number of aldehydes is 1. The minimum Gasteiger partial charge on any atom is -0.343 e. The van der Waals surface area contributed by atoms with Gasteiger partial charge in [-0.2, -0.15) is 0 Å². The third kappa shape index (κ3) is 6.03. The van der Waals surface area contributed by atoms with Crippen molar-refractivity contribution in [3.63, 3.8) is 0 Å². The van der Waals surface area contributed by atoms with Crippen molar-refractivity contribution in [2.45, 2.75) is 56.7 Å². The maximum atomic E-state index is 13.0. The molecule has 2 atom stereocenters. The van der Waals surface area contributed by atoms with Crippen molar-refractivity contribution in [3.05, 3.63) is 71.8 Å². The van der Waals surface area contributed by atoms with E-state index in [1.165, 1.54) is 0 Å². The summed E-state index contributed by atoms with van der Waals surface area (Å²) in [5, 5.41) is 8.26. The number of carbonyl (C=O) groups is 4. The van der Waals surface area contributed by atoms with Crippen molar-refractivity contribution in [1.29, 1.82) is 0 Å². The van der Waals surface area contributed by atoms with E-state index in [1.54, 1.807) is 31.2 Å². The number of amides is 3. The van der Waals surface area contributed by atoms with Crippen molar-refractivity contribution >= 4 is 24.0 Å². The summed E-state index contributed by atoms with van der Waals surface area (Å²) in [5.74, 6) is -1.25.